The van der Waals surface area contributed by atoms with E-state index in [0.29, 0.717) is 12.2 Å². The standard InChI is InChI=1S/C15H23FN2/c1-15(2,3)12-9-13(16)14(17-10-12)11-18-7-5-4-6-8-18/h9-10H,4-8,11H2,1-3H3. The molecule has 0 amide bonds. The Morgan fingerprint density at radius 2 is 1.89 bits per heavy atom. The molecule has 0 radical (unpaired) electrons. The summed E-state index contributed by atoms with van der Waals surface area (Å²) in [6.07, 6.45) is 5.57. The van der Waals surface area contributed by atoms with Crippen LogP contribution in [0.4, 0.5) is 4.39 Å². The van der Waals surface area contributed by atoms with Gasteiger partial charge in [-0.2, -0.15) is 0 Å². The molecule has 100 valence electrons. The Hall–Kier alpha value is -0.960. The van der Waals surface area contributed by atoms with E-state index in [4.69, 9.17) is 0 Å². The van der Waals surface area contributed by atoms with Crippen LogP contribution in [-0.2, 0) is 12.0 Å². The summed E-state index contributed by atoms with van der Waals surface area (Å²) in [7, 11) is 0. The molecule has 3 heteroatoms. The van der Waals surface area contributed by atoms with Crippen molar-refractivity contribution in [3.8, 4) is 0 Å². The maximum absolute atomic E-state index is 14.0. The Bertz CT molecular complexity index is 403. The van der Waals surface area contributed by atoms with Crippen molar-refractivity contribution in [3.05, 3.63) is 29.3 Å². The summed E-state index contributed by atoms with van der Waals surface area (Å²) in [5, 5.41) is 0. The smallest absolute Gasteiger partial charge is 0.146 e. The van der Waals surface area contributed by atoms with E-state index in [1.807, 2.05) is 6.20 Å². The zero-order valence-electron chi connectivity index (χ0n) is 11.7. The molecular formula is C15H23FN2. The molecule has 0 atom stereocenters. The zero-order chi connectivity index (χ0) is 13.2. The first kappa shape index (κ1) is 13.5. The van der Waals surface area contributed by atoms with Crippen molar-refractivity contribution in [2.75, 3.05) is 13.1 Å². The summed E-state index contributed by atoms with van der Waals surface area (Å²) in [4.78, 5) is 6.62. The highest BCUT2D eigenvalue weighted by Crippen LogP contribution is 2.23. The summed E-state index contributed by atoms with van der Waals surface area (Å²) in [5.41, 5.74) is 1.50. The average molecular weight is 250 g/mol. The van der Waals surface area contributed by atoms with Gasteiger partial charge in [0.05, 0.1) is 5.69 Å². The normalized spacial score (nSPS) is 18.0. The van der Waals surface area contributed by atoms with Gasteiger partial charge in [-0.3, -0.25) is 9.88 Å². The summed E-state index contributed by atoms with van der Waals surface area (Å²) in [6, 6.07) is 1.65. The SMILES string of the molecule is CC(C)(C)c1cnc(CN2CCCCC2)c(F)c1. The molecule has 2 rings (SSSR count). The fraction of sp³-hybridized carbons (Fsp3) is 0.667. The zero-order valence-corrected chi connectivity index (χ0v) is 11.7. The molecule has 0 N–H and O–H groups in total. The summed E-state index contributed by atoms with van der Waals surface area (Å²) in [6.45, 7) is 9.02. The molecule has 1 aromatic rings. The molecule has 0 bridgehead atoms. The number of halogens is 1. The first-order chi connectivity index (χ1) is 8.47. The third-order valence-electron chi connectivity index (χ3n) is 3.61. The van der Waals surface area contributed by atoms with Crippen LogP contribution in [0.3, 0.4) is 0 Å². The molecule has 1 saturated heterocycles. The van der Waals surface area contributed by atoms with E-state index in [9.17, 15) is 4.39 Å². The lowest BCUT2D eigenvalue weighted by atomic mass is 9.88. The van der Waals surface area contributed by atoms with E-state index in [0.717, 1.165) is 18.7 Å². The lowest BCUT2D eigenvalue weighted by Gasteiger charge is -2.26. The van der Waals surface area contributed by atoms with E-state index in [-0.39, 0.29) is 11.2 Å². The van der Waals surface area contributed by atoms with Crippen molar-refractivity contribution in [1.29, 1.82) is 0 Å². The van der Waals surface area contributed by atoms with Crippen LogP contribution in [0.25, 0.3) is 0 Å². The molecule has 1 fully saturated rings. The van der Waals surface area contributed by atoms with Gasteiger partial charge in [0.2, 0.25) is 0 Å². The third kappa shape index (κ3) is 3.29. The van der Waals surface area contributed by atoms with Gasteiger partial charge in [-0.15, -0.1) is 0 Å². The number of rotatable bonds is 2. The molecule has 1 aliphatic rings. The average Bonchev–Trinajstić information content (AvgIpc) is 2.32. The highest BCUT2D eigenvalue weighted by molar-refractivity contribution is 5.22. The van der Waals surface area contributed by atoms with Crippen molar-refractivity contribution in [1.82, 2.24) is 9.88 Å². The third-order valence-corrected chi connectivity index (χ3v) is 3.61. The van der Waals surface area contributed by atoms with E-state index in [2.05, 4.69) is 30.7 Å². The van der Waals surface area contributed by atoms with Crippen LogP contribution < -0.4 is 0 Å². The summed E-state index contributed by atoms with van der Waals surface area (Å²) < 4.78 is 14.0. The lowest BCUT2D eigenvalue weighted by Crippen LogP contribution is -2.30. The summed E-state index contributed by atoms with van der Waals surface area (Å²) >= 11 is 0. The van der Waals surface area contributed by atoms with Gasteiger partial charge in [0.15, 0.2) is 0 Å². The molecule has 0 aromatic carbocycles. The summed E-state index contributed by atoms with van der Waals surface area (Å²) in [5.74, 6) is -0.159. The van der Waals surface area contributed by atoms with E-state index in [1.54, 1.807) is 6.07 Å². The van der Waals surface area contributed by atoms with Crippen LogP contribution in [-0.4, -0.2) is 23.0 Å². The minimum atomic E-state index is -0.159. The Morgan fingerprint density at radius 1 is 1.22 bits per heavy atom. The molecule has 0 unspecified atom stereocenters. The molecule has 1 aromatic heterocycles. The van der Waals surface area contributed by atoms with E-state index in [1.165, 1.54) is 19.3 Å². The maximum atomic E-state index is 14.0. The van der Waals surface area contributed by atoms with Gasteiger partial charge >= 0.3 is 0 Å². The molecule has 0 spiro atoms. The second-order valence-corrected chi connectivity index (χ2v) is 6.24. The molecule has 0 aliphatic carbocycles. The fourth-order valence-electron chi connectivity index (χ4n) is 2.32. The van der Waals surface area contributed by atoms with Gasteiger partial charge in [-0.1, -0.05) is 27.2 Å². The Morgan fingerprint density at radius 3 is 2.44 bits per heavy atom. The quantitative estimate of drug-likeness (QED) is 0.798. The predicted molar refractivity (Wildman–Crippen MR) is 72.0 cm³/mol. The molecule has 2 heterocycles. The van der Waals surface area contributed by atoms with Crippen LogP contribution in [0.5, 0.6) is 0 Å². The van der Waals surface area contributed by atoms with Crippen molar-refractivity contribution < 1.29 is 4.39 Å². The topological polar surface area (TPSA) is 16.1 Å². The highest BCUT2D eigenvalue weighted by Gasteiger charge is 2.18. The number of aromatic nitrogens is 1. The number of nitrogens with zero attached hydrogens (tertiary/aromatic N) is 2. The van der Waals surface area contributed by atoms with Gasteiger partial charge in [0, 0.05) is 12.7 Å². The maximum Gasteiger partial charge on any atom is 0.146 e. The fourth-order valence-corrected chi connectivity index (χ4v) is 2.32. The lowest BCUT2D eigenvalue weighted by molar-refractivity contribution is 0.215. The van der Waals surface area contributed by atoms with Gasteiger partial charge < -0.3 is 0 Å². The number of likely N-dealkylation sites (tertiary alicyclic amines) is 1. The number of hydrogen-bond donors (Lipinski definition) is 0. The van der Waals surface area contributed by atoms with Crippen LogP contribution in [0.15, 0.2) is 12.3 Å². The molecule has 2 nitrogen and oxygen atoms in total. The van der Waals surface area contributed by atoms with Crippen LogP contribution >= 0.6 is 0 Å². The Kier molecular flexibility index (Phi) is 4.00. The molecular weight excluding hydrogens is 227 g/mol. The van der Waals surface area contributed by atoms with Gasteiger partial charge in [0.25, 0.3) is 0 Å². The largest absolute Gasteiger partial charge is 0.297 e. The van der Waals surface area contributed by atoms with Gasteiger partial charge in [-0.25, -0.2) is 4.39 Å². The molecule has 0 saturated carbocycles. The minimum absolute atomic E-state index is 0.0442. The number of pyridine rings is 1. The van der Waals surface area contributed by atoms with Crippen LogP contribution in [0, 0.1) is 5.82 Å². The number of hydrogen-bond acceptors (Lipinski definition) is 2. The van der Waals surface area contributed by atoms with E-state index < -0.39 is 0 Å². The van der Waals surface area contributed by atoms with Crippen molar-refractivity contribution in [2.24, 2.45) is 0 Å². The van der Waals surface area contributed by atoms with Gasteiger partial charge in [-0.05, 0) is 43.0 Å². The first-order valence-electron chi connectivity index (χ1n) is 6.84. The van der Waals surface area contributed by atoms with Crippen LogP contribution in [0.2, 0.25) is 0 Å². The molecule has 18 heavy (non-hydrogen) atoms. The second-order valence-electron chi connectivity index (χ2n) is 6.24. The Labute approximate surface area is 109 Å². The Balaban J connectivity index is 2.09. The van der Waals surface area contributed by atoms with Crippen molar-refractivity contribution in [3.63, 3.8) is 0 Å². The first-order valence-corrected chi connectivity index (χ1v) is 6.84. The highest BCUT2D eigenvalue weighted by atomic mass is 19.1. The van der Waals surface area contributed by atoms with Crippen LogP contribution in [0.1, 0.15) is 51.3 Å². The van der Waals surface area contributed by atoms with Crippen molar-refractivity contribution in [2.45, 2.75) is 52.0 Å². The second kappa shape index (κ2) is 5.35. The monoisotopic (exact) mass is 250 g/mol. The van der Waals surface area contributed by atoms with Gasteiger partial charge in [0.1, 0.15) is 5.82 Å². The van der Waals surface area contributed by atoms with E-state index >= 15 is 0 Å². The predicted octanol–water partition coefficient (Wildman–Crippen LogP) is 3.50. The number of piperidine rings is 1. The minimum Gasteiger partial charge on any atom is -0.297 e. The molecule has 1 aliphatic heterocycles. The van der Waals surface area contributed by atoms with Crippen molar-refractivity contribution >= 4 is 0 Å².